The summed E-state index contributed by atoms with van der Waals surface area (Å²) in [7, 11) is -24.3. The van der Waals surface area contributed by atoms with Crippen LogP contribution in [-0.4, -0.2) is 81.7 Å². The Morgan fingerprint density at radius 3 is 0.787 bits per heavy atom. The molecule has 0 rings (SSSR count). The van der Waals surface area contributed by atoms with E-state index in [0.717, 1.165) is 40.6 Å². The average Bonchev–Trinajstić information content (AvgIpc) is 2.87. The maximum atomic E-state index is 11.0. The van der Waals surface area contributed by atoms with E-state index in [9.17, 15) is 27.4 Å². The summed E-state index contributed by atoms with van der Waals surface area (Å²) >= 11 is 0. The number of hydrogen-bond donors (Lipinski definition) is 7. The molecule has 0 aromatic rings. The van der Waals surface area contributed by atoms with Gasteiger partial charge in [0.05, 0.1) is 19.8 Å². The number of hydrogen-bond acceptors (Lipinski definition) is 16. The first kappa shape index (κ1) is 57.8. The third-order valence-corrected chi connectivity index (χ3v) is 11.4. The predicted octanol–water partition coefficient (Wildman–Crippen LogP) is 5.72. The minimum Gasteiger partial charge on any atom is -0.394 e. The first-order chi connectivity index (χ1) is 20.7. The summed E-state index contributed by atoms with van der Waals surface area (Å²) in [6.45, 7) is 8.96. The third-order valence-electron chi connectivity index (χ3n) is 3.57. The first-order valence-corrected chi connectivity index (χ1v) is 22.1. The van der Waals surface area contributed by atoms with Crippen molar-refractivity contribution in [2.45, 2.75) is 79.2 Å². The average molecular weight is 855 g/mol. The van der Waals surface area contributed by atoms with Gasteiger partial charge in [0.25, 0.3) is 0 Å². The van der Waals surface area contributed by atoms with Crippen molar-refractivity contribution in [3.05, 3.63) is 0 Å². The van der Waals surface area contributed by atoms with Crippen molar-refractivity contribution in [3.63, 3.8) is 0 Å². The number of phosphoric acid groups is 6. The Hall–Kier alpha value is 1.45. The number of aliphatic hydroxyl groups is 1. The van der Waals surface area contributed by atoms with Gasteiger partial charge in [-0.1, -0.05) is 40.0 Å². The van der Waals surface area contributed by atoms with Crippen LogP contribution >= 0.6 is 46.9 Å². The predicted molar refractivity (Wildman–Crippen MR) is 167 cm³/mol. The summed E-state index contributed by atoms with van der Waals surface area (Å²) in [5.41, 5.74) is 0. The number of unbranched alkanes of at least 4 members (excludes halogenated alkanes) is 3. The van der Waals surface area contributed by atoms with Crippen molar-refractivity contribution < 1.29 is 128 Å². The molecule has 0 aromatic heterocycles. The van der Waals surface area contributed by atoms with E-state index in [1.54, 1.807) is 13.8 Å². The minimum absolute atomic E-state index is 0. The standard InChI is InChI=1S/3C5H14O7P2.C3H8O.Ti/c3*1-3-4-5-11-14(8,9)12-13(6,7)10-2;1-3(2)4;/h3*3-5H2,1-2H3,(H,6,7)(H,8,9);3-4H,1-2H3;/p+3. The zero-order chi connectivity index (χ0) is 37.3. The van der Waals surface area contributed by atoms with Crippen LogP contribution in [0.5, 0.6) is 0 Å². The Bertz CT molecular complexity index is 951. The summed E-state index contributed by atoms with van der Waals surface area (Å²) in [6.07, 6.45) is 3.78. The molecule has 0 radical (unpaired) electrons. The van der Waals surface area contributed by atoms with Crippen LogP contribution in [0, 0.1) is 0 Å². The molecular formula is C18H53O22P6Ti+3. The Labute approximate surface area is 294 Å². The van der Waals surface area contributed by atoms with E-state index in [1.165, 1.54) is 0 Å². The molecule has 0 aromatic carbocycles. The molecule has 0 heterocycles. The van der Waals surface area contributed by atoms with Crippen molar-refractivity contribution >= 4 is 46.9 Å². The van der Waals surface area contributed by atoms with E-state index in [0.29, 0.717) is 19.3 Å². The largest absolute Gasteiger partial charge is 1.00 e. The third kappa shape index (κ3) is 45.4. The smallest absolute Gasteiger partial charge is 0.394 e. The van der Waals surface area contributed by atoms with Crippen molar-refractivity contribution in [2.24, 2.45) is 0 Å². The normalized spacial score (nSPS) is 18.6. The van der Waals surface area contributed by atoms with Gasteiger partial charge in [-0.05, 0) is 33.1 Å². The van der Waals surface area contributed by atoms with E-state index < -0.39 is 46.9 Å². The van der Waals surface area contributed by atoms with E-state index in [2.05, 4.69) is 40.1 Å². The van der Waals surface area contributed by atoms with Crippen LogP contribution in [0.15, 0.2) is 0 Å². The molecule has 0 aliphatic carbocycles. The van der Waals surface area contributed by atoms with E-state index in [4.69, 9.17) is 34.5 Å². The first-order valence-electron chi connectivity index (χ1n) is 13.1. The fraction of sp³-hybridized carbons (Fsp3) is 1.00. The molecule has 0 bridgehead atoms. The van der Waals surface area contributed by atoms with Gasteiger partial charge in [0.15, 0.2) is 0 Å². The quantitative estimate of drug-likeness (QED) is 0.0412. The molecular weight excluding hydrogens is 802 g/mol. The molecule has 6 atom stereocenters. The van der Waals surface area contributed by atoms with Crippen molar-refractivity contribution in [2.75, 3.05) is 41.2 Å². The van der Waals surface area contributed by atoms with Crippen molar-refractivity contribution in [3.8, 4) is 0 Å². The fourth-order valence-corrected chi connectivity index (χ4v) is 7.11. The van der Waals surface area contributed by atoms with Crippen LogP contribution in [0.3, 0.4) is 0 Å². The molecule has 7 N–H and O–H groups in total. The van der Waals surface area contributed by atoms with E-state index >= 15 is 0 Å². The second kappa shape index (κ2) is 30.0. The molecule has 6 unspecified atom stereocenters. The van der Waals surface area contributed by atoms with Gasteiger partial charge >= 0.3 is 51.2 Å². The zero-order valence-electron chi connectivity index (χ0n) is 30.4. The Kier molecular flexibility index (Phi) is 36.8. The second-order valence-corrected chi connectivity index (χ2v) is 17.7. The van der Waals surface area contributed by atoms with Crippen molar-refractivity contribution in [1.82, 2.24) is 0 Å². The molecule has 29 heteroatoms. The molecule has 288 valence electrons. The Morgan fingerprint density at radius 2 is 0.660 bits per heavy atom. The van der Waals surface area contributed by atoms with Gasteiger partial charge in [-0.25, -0.2) is 27.4 Å². The molecule has 0 fully saturated rings. The molecule has 0 aliphatic rings. The summed E-state index contributed by atoms with van der Waals surface area (Å²) in [5, 5.41) is 8.06. The van der Waals surface area contributed by atoms with Crippen molar-refractivity contribution in [1.29, 1.82) is 0 Å². The van der Waals surface area contributed by atoms with Crippen LogP contribution in [-0.2, 0) is 89.2 Å². The molecule has 22 nitrogen and oxygen atoms in total. The molecule has 0 amide bonds. The van der Waals surface area contributed by atoms with Crippen LogP contribution < -0.4 is 0 Å². The molecule has 0 saturated carbocycles. The van der Waals surface area contributed by atoms with E-state index in [-0.39, 0.29) is 51.9 Å². The number of phosphoric ester groups is 6. The van der Waals surface area contributed by atoms with Gasteiger partial charge in [-0.3, -0.25) is 27.1 Å². The topological polar surface area (TPSA) is 327 Å². The molecule has 0 aliphatic heterocycles. The minimum atomic E-state index is -4.50. The maximum Gasteiger partial charge on any atom is 1.00 e. The number of aliphatic hydroxyl groups excluding tert-OH is 1. The van der Waals surface area contributed by atoms with Gasteiger partial charge < -0.3 is 34.5 Å². The Balaban J connectivity index is -0.0000000804. The Morgan fingerprint density at radius 1 is 0.489 bits per heavy atom. The summed E-state index contributed by atoms with van der Waals surface area (Å²) in [4.78, 5) is 52.9. The zero-order valence-corrected chi connectivity index (χ0v) is 34.3. The molecule has 0 saturated heterocycles. The molecule has 0 spiro atoms. The van der Waals surface area contributed by atoms with Crippen LogP contribution in [0.2, 0.25) is 0 Å². The molecule has 47 heavy (non-hydrogen) atoms. The second-order valence-electron chi connectivity index (χ2n) is 8.26. The van der Waals surface area contributed by atoms with Crippen LogP contribution in [0.25, 0.3) is 0 Å². The van der Waals surface area contributed by atoms with Crippen LogP contribution in [0.1, 0.15) is 77.4 Å². The SMILES string of the molecule is CC(C)O.CCCCOP(=O)(O)OP(=O)(O)OC.CCCCOP(=O)(O)OP(=O)(O)OC.CCCCOP(=O)(O)OP(=O)(O)OC.[H+].[H+].[H+].[Ti]. The van der Waals surface area contributed by atoms with Gasteiger partial charge in [-0.15, -0.1) is 0 Å². The van der Waals surface area contributed by atoms with Gasteiger partial charge in [-0.2, -0.15) is 12.9 Å². The van der Waals surface area contributed by atoms with Gasteiger partial charge in [0.1, 0.15) is 0 Å². The monoisotopic (exact) mass is 855 g/mol. The fourth-order valence-electron chi connectivity index (χ4n) is 1.53. The summed E-state index contributed by atoms with van der Waals surface area (Å²) in [5.74, 6) is 0. The van der Waals surface area contributed by atoms with Gasteiger partial charge in [0, 0.05) is 49.2 Å². The van der Waals surface area contributed by atoms with Crippen LogP contribution in [0.4, 0.5) is 0 Å². The van der Waals surface area contributed by atoms with Gasteiger partial charge in [0.2, 0.25) is 0 Å². The van der Waals surface area contributed by atoms with E-state index in [1.807, 2.05) is 20.8 Å². The summed E-state index contributed by atoms with van der Waals surface area (Å²) < 4.78 is 102. The number of rotatable bonds is 21. The maximum absolute atomic E-state index is 11.0. The summed E-state index contributed by atoms with van der Waals surface area (Å²) in [6, 6.07) is 0.